The number of carboxylic acids is 2. The quantitative estimate of drug-likeness (QED) is 0.0823. The van der Waals surface area contributed by atoms with Gasteiger partial charge in [-0.2, -0.15) is 0 Å². The number of likely N-dealkylation sites (tertiary alicyclic amines) is 1. The molecule has 1 heterocycles. The SMILES string of the molecule is CC(C)C(N)C(=O)NC(CC(=O)O)C(=O)N1CCCC1C(=O)NC(CCCN=C(N)N)C(=O)O. The zero-order valence-electron chi connectivity index (χ0n) is 19.4. The fourth-order valence-corrected chi connectivity index (χ4v) is 3.48. The summed E-state index contributed by atoms with van der Waals surface area (Å²) in [4.78, 5) is 66.0. The van der Waals surface area contributed by atoms with Gasteiger partial charge in [0.25, 0.3) is 0 Å². The van der Waals surface area contributed by atoms with E-state index in [0.29, 0.717) is 12.8 Å². The van der Waals surface area contributed by atoms with Crippen LogP contribution in [0.1, 0.15) is 46.0 Å². The first kappa shape index (κ1) is 28.6. The van der Waals surface area contributed by atoms with Crippen molar-refractivity contribution in [3.8, 4) is 0 Å². The van der Waals surface area contributed by atoms with Gasteiger partial charge in [0.15, 0.2) is 5.96 Å². The van der Waals surface area contributed by atoms with Gasteiger partial charge in [0.2, 0.25) is 17.7 Å². The van der Waals surface area contributed by atoms with Gasteiger partial charge < -0.3 is 42.9 Å². The molecule has 34 heavy (non-hydrogen) atoms. The number of nitrogens with zero attached hydrogens (tertiary/aromatic N) is 2. The van der Waals surface area contributed by atoms with Crippen LogP contribution in [0.3, 0.4) is 0 Å². The largest absolute Gasteiger partial charge is 0.481 e. The number of guanidine groups is 1. The number of rotatable bonds is 13. The summed E-state index contributed by atoms with van der Waals surface area (Å²) in [5, 5.41) is 23.4. The first-order chi connectivity index (χ1) is 15.8. The van der Waals surface area contributed by atoms with E-state index in [0.717, 1.165) is 0 Å². The van der Waals surface area contributed by atoms with Crippen LogP contribution in [0.25, 0.3) is 0 Å². The number of carbonyl (C=O) groups is 5. The fraction of sp³-hybridized carbons (Fsp3) is 0.700. The van der Waals surface area contributed by atoms with Gasteiger partial charge in [-0.3, -0.25) is 24.2 Å². The molecule has 192 valence electrons. The van der Waals surface area contributed by atoms with Crippen molar-refractivity contribution in [3.05, 3.63) is 0 Å². The molecular formula is C20H35N7O7. The highest BCUT2D eigenvalue weighted by atomic mass is 16.4. The second-order valence-electron chi connectivity index (χ2n) is 8.47. The van der Waals surface area contributed by atoms with Crippen molar-refractivity contribution < 1.29 is 34.2 Å². The van der Waals surface area contributed by atoms with E-state index in [1.54, 1.807) is 13.8 Å². The Kier molecular flexibility index (Phi) is 11.2. The summed E-state index contributed by atoms with van der Waals surface area (Å²) in [7, 11) is 0. The Balaban J connectivity index is 2.91. The van der Waals surface area contributed by atoms with Crippen LogP contribution in [0.5, 0.6) is 0 Å². The molecule has 1 aliphatic rings. The molecule has 0 aliphatic carbocycles. The normalized spacial score (nSPS) is 18.0. The van der Waals surface area contributed by atoms with Gasteiger partial charge >= 0.3 is 11.9 Å². The van der Waals surface area contributed by atoms with E-state index in [1.165, 1.54) is 4.90 Å². The lowest BCUT2D eigenvalue weighted by molar-refractivity contribution is -0.147. The topological polar surface area (TPSA) is 244 Å². The summed E-state index contributed by atoms with van der Waals surface area (Å²) in [5.41, 5.74) is 16.2. The van der Waals surface area contributed by atoms with Gasteiger partial charge in [-0.25, -0.2) is 4.79 Å². The summed E-state index contributed by atoms with van der Waals surface area (Å²) in [6.45, 7) is 3.75. The highest BCUT2D eigenvalue weighted by molar-refractivity contribution is 5.96. The number of carboxylic acid groups (broad SMARTS) is 2. The second kappa shape index (κ2) is 13.3. The first-order valence-electron chi connectivity index (χ1n) is 11.0. The van der Waals surface area contributed by atoms with Gasteiger partial charge in [-0.15, -0.1) is 0 Å². The average Bonchev–Trinajstić information content (AvgIpc) is 3.23. The Labute approximate surface area is 197 Å². The minimum atomic E-state index is -1.42. The van der Waals surface area contributed by atoms with Crippen LogP contribution < -0.4 is 27.8 Å². The molecule has 0 radical (unpaired) electrons. The molecule has 0 spiro atoms. The van der Waals surface area contributed by atoms with E-state index in [9.17, 15) is 34.2 Å². The van der Waals surface area contributed by atoms with E-state index in [2.05, 4.69) is 15.6 Å². The molecule has 0 bridgehead atoms. The Bertz CT molecular complexity index is 798. The predicted molar refractivity (Wildman–Crippen MR) is 121 cm³/mol. The van der Waals surface area contributed by atoms with Gasteiger partial charge in [0.1, 0.15) is 18.1 Å². The van der Waals surface area contributed by atoms with E-state index < -0.39 is 60.2 Å². The number of amides is 3. The van der Waals surface area contributed by atoms with Crippen LogP contribution in [0, 0.1) is 5.92 Å². The maximum absolute atomic E-state index is 13.1. The monoisotopic (exact) mass is 485 g/mol. The van der Waals surface area contributed by atoms with Gasteiger partial charge in [0.05, 0.1) is 12.5 Å². The molecule has 3 amide bonds. The highest BCUT2D eigenvalue weighted by Crippen LogP contribution is 2.20. The number of nitrogens with one attached hydrogen (secondary N) is 2. The van der Waals surface area contributed by atoms with E-state index in [4.69, 9.17) is 17.2 Å². The van der Waals surface area contributed by atoms with Gasteiger partial charge in [-0.1, -0.05) is 13.8 Å². The second-order valence-corrected chi connectivity index (χ2v) is 8.47. The summed E-state index contributed by atoms with van der Waals surface area (Å²) < 4.78 is 0. The molecule has 0 aromatic rings. The van der Waals surface area contributed by atoms with Crippen LogP contribution in [-0.4, -0.2) is 88.0 Å². The Morgan fingerprint density at radius 1 is 1.09 bits per heavy atom. The van der Waals surface area contributed by atoms with Crippen molar-refractivity contribution in [3.63, 3.8) is 0 Å². The molecular weight excluding hydrogens is 450 g/mol. The van der Waals surface area contributed by atoms with Crippen LogP contribution in [0.15, 0.2) is 4.99 Å². The lowest BCUT2D eigenvalue weighted by Crippen LogP contribution is -2.57. The average molecular weight is 486 g/mol. The van der Waals surface area contributed by atoms with Crippen LogP contribution in [0.2, 0.25) is 0 Å². The molecule has 4 unspecified atom stereocenters. The number of carbonyl (C=O) groups excluding carboxylic acids is 3. The van der Waals surface area contributed by atoms with E-state index in [1.807, 2.05) is 0 Å². The zero-order chi connectivity index (χ0) is 26.0. The van der Waals surface area contributed by atoms with Crippen LogP contribution in [-0.2, 0) is 24.0 Å². The van der Waals surface area contributed by atoms with Crippen molar-refractivity contribution >= 4 is 35.6 Å². The molecule has 0 aromatic heterocycles. The van der Waals surface area contributed by atoms with Crippen molar-refractivity contribution in [2.24, 2.45) is 28.1 Å². The molecule has 1 saturated heterocycles. The van der Waals surface area contributed by atoms with Gasteiger partial charge in [0, 0.05) is 13.1 Å². The summed E-state index contributed by atoms with van der Waals surface area (Å²) >= 11 is 0. The number of aliphatic carboxylic acids is 2. The van der Waals surface area contributed by atoms with Crippen molar-refractivity contribution in [1.82, 2.24) is 15.5 Å². The minimum absolute atomic E-state index is 0.0588. The first-order valence-corrected chi connectivity index (χ1v) is 11.0. The maximum atomic E-state index is 13.1. The molecule has 1 fully saturated rings. The van der Waals surface area contributed by atoms with Crippen molar-refractivity contribution in [2.45, 2.75) is 70.1 Å². The lowest BCUT2D eigenvalue weighted by atomic mass is 10.0. The van der Waals surface area contributed by atoms with Crippen LogP contribution >= 0.6 is 0 Å². The summed E-state index contributed by atoms with van der Waals surface area (Å²) in [5.74, 6) is -5.06. The summed E-state index contributed by atoms with van der Waals surface area (Å²) in [6.07, 6.45) is 0.375. The third-order valence-electron chi connectivity index (χ3n) is 5.41. The van der Waals surface area contributed by atoms with Crippen molar-refractivity contribution in [1.29, 1.82) is 0 Å². The lowest BCUT2D eigenvalue weighted by Gasteiger charge is -2.29. The smallest absolute Gasteiger partial charge is 0.326 e. The van der Waals surface area contributed by atoms with Crippen molar-refractivity contribution in [2.75, 3.05) is 13.1 Å². The molecule has 14 nitrogen and oxygen atoms in total. The zero-order valence-corrected chi connectivity index (χ0v) is 19.4. The van der Waals surface area contributed by atoms with E-state index in [-0.39, 0.29) is 37.8 Å². The third kappa shape index (κ3) is 8.84. The number of nitrogens with two attached hydrogens (primary N) is 3. The molecule has 1 aliphatic heterocycles. The van der Waals surface area contributed by atoms with Crippen LogP contribution in [0.4, 0.5) is 0 Å². The Morgan fingerprint density at radius 2 is 1.74 bits per heavy atom. The fourth-order valence-electron chi connectivity index (χ4n) is 3.48. The Morgan fingerprint density at radius 3 is 2.26 bits per heavy atom. The predicted octanol–water partition coefficient (Wildman–Crippen LogP) is -2.46. The minimum Gasteiger partial charge on any atom is -0.481 e. The number of aliphatic imine (C=N–C) groups is 1. The molecule has 0 aromatic carbocycles. The molecule has 10 N–H and O–H groups in total. The third-order valence-corrected chi connectivity index (χ3v) is 5.41. The number of hydrogen-bond donors (Lipinski definition) is 7. The van der Waals surface area contributed by atoms with Gasteiger partial charge in [-0.05, 0) is 31.6 Å². The highest BCUT2D eigenvalue weighted by Gasteiger charge is 2.39. The molecule has 1 rings (SSSR count). The standard InChI is InChI=1S/C20H35N7O7/c1-10(2)15(21)17(31)26-12(9-14(28)29)18(32)27-8-4-6-13(27)16(30)25-11(19(33)34)5-3-7-24-20(22)23/h10-13,15H,3-9,21H2,1-2H3,(H,25,30)(H,26,31)(H,28,29)(H,33,34)(H4,22,23,24). The van der Waals surface area contributed by atoms with E-state index >= 15 is 0 Å². The molecule has 4 atom stereocenters. The maximum Gasteiger partial charge on any atom is 0.326 e. The Hall–Kier alpha value is -3.42. The number of hydrogen-bond acceptors (Lipinski definition) is 7. The molecule has 0 saturated carbocycles. The molecule has 14 heteroatoms. The summed E-state index contributed by atoms with van der Waals surface area (Å²) in [6, 6.07) is -4.59.